The second kappa shape index (κ2) is 4.88. The van der Waals surface area contributed by atoms with Gasteiger partial charge in [0.1, 0.15) is 5.52 Å². The van der Waals surface area contributed by atoms with Gasteiger partial charge in [-0.2, -0.15) is 0 Å². The second-order valence-corrected chi connectivity index (χ2v) is 4.89. The fourth-order valence-electron chi connectivity index (χ4n) is 2.40. The predicted octanol–water partition coefficient (Wildman–Crippen LogP) is 3.43. The van der Waals surface area contributed by atoms with E-state index >= 15 is 0 Å². The Morgan fingerprint density at radius 1 is 1.42 bits per heavy atom. The number of benzene rings is 1. The number of aryl methyl sites for hydroxylation is 1. The van der Waals surface area contributed by atoms with Crippen LogP contribution in [0, 0.1) is 12.8 Å². The summed E-state index contributed by atoms with van der Waals surface area (Å²) >= 11 is 0. The minimum Gasteiger partial charge on any atom is -0.441 e. The van der Waals surface area contributed by atoms with Crippen LogP contribution in [0.5, 0.6) is 0 Å². The van der Waals surface area contributed by atoms with Gasteiger partial charge in [0.25, 0.3) is 0 Å². The third-order valence-electron chi connectivity index (χ3n) is 3.40. The molecule has 0 saturated heterocycles. The van der Waals surface area contributed by atoms with Crippen LogP contribution in [0.2, 0.25) is 0 Å². The van der Waals surface area contributed by atoms with E-state index in [0.29, 0.717) is 5.89 Å². The maximum Gasteiger partial charge on any atom is 0.227 e. The lowest BCUT2D eigenvalue weighted by Gasteiger charge is -2.17. The lowest BCUT2D eigenvalue weighted by Crippen LogP contribution is -2.23. The third-order valence-corrected chi connectivity index (χ3v) is 3.40. The third kappa shape index (κ3) is 2.52. The summed E-state index contributed by atoms with van der Waals surface area (Å²) in [6, 6.07) is 5.54. The molecule has 1 atom stereocenters. The number of fused-ring (bicyclic) bond motifs is 1. The Bertz CT molecular complexity index is 643. The number of carbonyl (C=O) groups excluding carboxylic acids is 1. The molecule has 1 aromatic carbocycles. The summed E-state index contributed by atoms with van der Waals surface area (Å²) in [5.41, 5.74) is 2.30. The molecule has 0 fully saturated rings. The lowest BCUT2D eigenvalue weighted by atomic mass is 9.93. The van der Waals surface area contributed by atoms with Crippen LogP contribution in [-0.4, -0.2) is 10.9 Å². The molecular formula is C15H16N2O2. The van der Waals surface area contributed by atoms with Crippen LogP contribution < -0.4 is 5.32 Å². The Balaban J connectivity index is 1.76. The Morgan fingerprint density at radius 2 is 2.32 bits per heavy atom. The Kier molecular flexibility index (Phi) is 3.07. The summed E-state index contributed by atoms with van der Waals surface area (Å²) in [7, 11) is 0. The highest BCUT2D eigenvalue weighted by Gasteiger charge is 2.18. The topological polar surface area (TPSA) is 55.1 Å². The van der Waals surface area contributed by atoms with Crippen LogP contribution in [0.15, 0.2) is 34.8 Å². The summed E-state index contributed by atoms with van der Waals surface area (Å²) < 4.78 is 5.41. The first-order valence-electron chi connectivity index (χ1n) is 6.55. The van der Waals surface area contributed by atoms with Gasteiger partial charge in [0.05, 0.1) is 0 Å². The van der Waals surface area contributed by atoms with E-state index in [0.717, 1.165) is 36.0 Å². The molecule has 1 aromatic heterocycles. The van der Waals surface area contributed by atoms with Crippen LogP contribution in [0.25, 0.3) is 11.1 Å². The fraction of sp³-hybridized carbons (Fsp3) is 0.333. The van der Waals surface area contributed by atoms with Gasteiger partial charge in [0.15, 0.2) is 11.5 Å². The normalized spacial score (nSPS) is 18.7. The smallest absolute Gasteiger partial charge is 0.227 e. The largest absolute Gasteiger partial charge is 0.441 e. The number of amides is 1. The molecule has 0 bridgehead atoms. The summed E-state index contributed by atoms with van der Waals surface area (Å²) in [4.78, 5) is 16.4. The van der Waals surface area contributed by atoms with Crippen LogP contribution in [-0.2, 0) is 4.79 Å². The molecule has 1 amide bonds. The van der Waals surface area contributed by atoms with Gasteiger partial charge in [0.2, 0.25) is 5.91 Å². The first kappa shape index (κ1) is 12.0. The number of hydrogen-bond donors (Lipinski definition) is 1. The minimum absolute atomic E-state index is 0.0831. The average molecular weight is 256 g/mol. The van der Waals surface area contributed by atoms with E-state index in [1.165, 1.54) is 0 Å². The Hall–Kier alpha value is -2.10. The molecule has 0 aliphatic heterocycles. The first-order chi connectivity index (χ1) is 9.22. The van der Waals surface area contributed by atoms with Crippen LogP contribution in [0.1, 0.15) is 25.2 Å². The zero-order valence-corrected chi connectivity index (χ0v) is 10.8. The molecule has 19 heavy (non-hydrogen) atoms. The molecule has 3 rings (SSSR count). The molecule has 1 heterocycles. The van der Waals surface area contributed by atoms with Crippen molar-refractivity contribution in [3.05, 3.63) is 36.2 Å². The number of rotatable bonds is 2. The Morgan fingerprint density at radius 3 is 3.11 bits per heavy atom. The average Bonchev–Trinajstić information content (AvgIpc) is 2.79. The van der Waals surface area contributed by atoms with Crippen molar-refractivity contribution < 1.29 is 9.21 Å². The summed E-state index contributed by atoms with van der Waals surface area (Å²) in [6.45, 7) is 1.81. The highest BCUT2D eigenvalue weighted by Crippen LogP contribution is 2.23. The van der Waals surface area contributed by atoms with Crippen molar-refractivity contribution in [3.8, 4) is 0 Å². The standard InChI is InChI=1S/C15H16N2O2/c1-10-16-13-9-12(7-8-14(13)19-10)17-15(18)11-5-3-2-4-6-11/h2-3,7-9,11H,4-6H2,1H3,(H,17,18). The molecule has 0 spiro atoms. The number of carbonyl (C=O) groups is 1. The van der Waals surface area contributed by atoms with E-state index in [1.807, 2.05) is 25.1 Å². The van der Waals surface area contributed by atoms with E-state index in [1.54, 1.807) is 0 Å². The van der Waals surface area contributed by atoms with E-state index in [9.17, 15) is 4.79 Å². The van der Waals surface area contributed by atoms with Crippen LogP contribution in [0.3, 0.4) is 0 Å². The SMILES string of the molecule is Cc1nc2cc(NC(=O)C3CC=CCC3)ccc2o1. The number of allylic oxidation sites excluding steroid dienone is 2. The van der Waals surface area contributed by atoms with Crippen molar-refractivity contribution in [3.63, 3.8) is 0 Å². The first-order valence-corrected chi connectivity index (χ1v) is 6.55. The molecular weight excluding hydrogens is 240 g/mol. The lowest BCUT2D eigenvalue weighted by molar-refractivity contribution is -0.120. The zero-order chi connectivity index (χ0) is 13.2. The molecule has 1 aliphatic rings. The number of nitrogens with one attached hydrogen (secondary N) is 1. The fourth-order valence-corrected chi connectivity index (χ4v) is 2.40. The molecule has 4 nitrogen and oxygen atoms in total. The van der Waals surface area contributed by atoms with Gasteiger partial charge in [-0.25, -0.2) is 4.98 Å². The van der Waals surface area contributed by atoms with Crippen LogP contribution >= 0.6 is 0 Å². The van der Waals surface area contributed by atoms with E-state index in [-0.39, 0.29) is 11.8 Å². The number of oxazole rings is 1. The van der Waals surface area contributed by atoms with Crippen molar-refractivity contribution in [2.75, 3.05) is 5.32 Å². The minimum atomic E-state index is 0.0831. The number of anilines is 1. The predicted molar refractivity (Wildman–Crippen MR) is 73.9 cm³/mol. The van der Waals surface area contributed by atoms with Crippen LogP contribution in [0.4, 0.5) is 5.69 Å². The van der Waals surface area contributed by atoms with Gasteiger partial charge in [-0.15, -0.1) is 0 Å². The van der Waals surface area contributed by atoms with Crippen molar-refractivity contribution in [1.82, 2.24) is 4.98 Å². The molecule has 1 N–H and O–H groups in total. The van der Waals surface area contributed by atoms with E-state index < -0.39 is 0 Å². The number of nitrogens with zero attached hydrogens (tertiary/aromatic N) is 1. The molecule has 2 aromatic rings. The molecule has 98 valence electrons. The van der Waals surface area contributed by atoms with Gasteiger partial charge in [-0.1, -0.05) is 12.2 Å². The van der Waals surface area contributed by atoms with E-state index in [4.69, 9.17) is 4.42 Å². The summed E-state index contributed by atoms with van der Waals surface area (Å²) in [5, 5.41) is 2.96. The molecule has 0 radical (unpaired) electrons. The summed E-state index contributed by atoms with van der Waals surface area (Å²) in [6.07, 6.45) is 6.95. The second-order valence-electron chi connectivity index (χ2n) is 4.89. The quantitative estimate of drug-likeness (QED) is 0.837. The maximum absolute atomic E-state index is 12.1. The zero-order valence-electron chi connectivity index (χ0n) is 10.8. The monoisotopic (exact) mass is 256 g/mol. The highest BCUT2D eigenvalue weighted by atomic mass is 16.3. The molecule has 4 heteroatoms. The Labute approximate surface area is 111 Å². The number of aromatic nitrogens is 1. The van der Waals surface area contributed by atoms with E-state index in [2.05, 4.69) is 22.5 Å². The van der Waals surface area contributed by atoms with Crippen molar-refractivity contribution in [2.24, 2.45) is 5.92 Å². The van der Waals surface area contributed by atoms with Gasteiger partial charge in [-0.05, 0) is 37.5 Å². The molecule has 1 unspecified atom stereocenters. The van der Waals surface area contributed by atoms with Crippen molar-refractivity contribution in [1.29, 1.82) is 0 Å². The molecule has 1 aliphatic carbocycles. The highest BCUT2D eigenvalue weighted by molar-refractivity contribution is 5.94. The van der Waals surface area contributed by atoms with Crippen molar-refractivity contribution in [2.45, 2.75) is 26.2 Å². The van der Waals surface area contributed by atoms with Gasteiger partial charge in [-0.3, -0.25) is 4.79 Å². The van der Waals surface area contributed by atoms with Crippen molar-refractivity contribution >= 4 is 22.7 Å². The molecule has 0 saturated carbocycles. The number of hydrogen-bond acceptors (Lipinski definition) is 3. The summed E-state index contributed by atoms with van der Waals surface area (Å²) in [5.74, 6) is 0.805. The van der Waals surface area contributed by atoms with Gasteiger partial charge < -0.3 is 9.73 Å². The maximum atomic E-state index is 12.1. The van der Waals surface area contributed by atoms with Gasteiger partial charge in [0, 0.05) is 18.5 Å². The van der Waals surface area contributed by atoms with Gasteiger partial charge >= 0.3 is 0 Å².